The van der Waals surface area contributed by atoms with Crippen LogP contribution in [0.25, 0.3) is 10.1 Å². The number of benzene rings is 3. The Hall–Kier alpha value is -3.38. The Kier molecular flexibility index (Phi) is 7.65. The second kappa shape index (κ2) is 10.7. The van der Waals surface area contributed by atoms with Crippen molar-refractivity contribution in [1.82, 2.24) is 5.32 Å². The Bertz CT molecular complexity index is 1540. The summed E-state index contributed by atoms with van der Waals surface area (Å²) in [6.07, 6.45) is 0. The second-order valence-corrected chi connectivity index (χ2v) is 10.9. The fraction of sp³-hybridized carbons (Fsp3) is 0.0833. The number of hydrogen-bond acceptors (Lipinski definition) is 7. The van der Waals surface area contributed by atoms with Gasteiger partial charge in [0.2, 0.25) is 0 Å². The molecule has 0 unspecified atom stereocenters. The van der Waals surface area contributed by atoms with E-state index in [1.165, 1.54) is 30.6 Å². The minimum Gasteiger partial charge on any atom is -0.497 e. The Morgan fingerprint density at radius 3 is 2.17 bits per heavy atom. The van der Waals surface area contributed by atoms with Crippen molar-refractivity contribution in [2.75, 3.05) is 24.3 Å². The van der Waals surface area contributed by atoms with E-state index in [9.17, 15) is 13.2 Å². The molecule has 8 nitrogen and oxygen atoms in total. The number of amides is 1. The van der Waals surface area contributed by atoms with Gasteiger partial charge in [0.05, 0.1) is 24.1 Å². The monoisotopic (exact) mass is 561 g/mol. The molecule has 12 heteroatoms. The van der Waals surface area contributed by atoms with Gasteiger partial charge in [-0.1, -0.05) is 11.6 Å². The standard InChI is InChI=1S/C24H20ClN3O5S3/c1-32-16-7-3-15(4-8-16)28-36(30,31)18-10-5-14(6-11-18)26-24(34)27-23(29)22-21(25)19-12-9-17(33-2)13-20(19)35-22/h3-13,28H,1-2H3,(H2,26,27,29,34). The summed E-state index contributed by atoms with van der Waals surface area (Å²) in [5.74, 6) is 0.820. The molecule has 3 aromatic carbocycles. The average molecular weight is 562 g/mol. The maximum absolute atomic E-state index is 12.8. The van der Waals surface area contributed by atoms with Gasteiger partial charge in [0.15, 0.2) is 5.11 Å². The number of thiocarbonyl (C=S) groups is 1. The first-order chi connectivity index (χ1) is 17.2. The highest BCUT2D eigenvalue weighted by Gasteiger charge is 2.19. The smallest absolute Gasteiger partial charge is 0.269 e. The molecule has 0 fully saturated rings. The minimum absolute atomic E-state index is 0.0399. The van der Waals surface area contributed by atoms with Gasteiger partial charge in [-0.15, -0.1) is 11.3 Å². The van der Waals surface area contributed by atoms with Crippen LogP contribution in [0, 0.1) is 0 Å². The van der Waals surface area contributed by atoms with Crippen LogP contribution in [0.2, 0.25) is 5.02 Å². The summed E-state index contributed by atoms with van der Waals surface area (Å²) in [5.41, 5.74) is 0.899. The molecule has 0 atom stereocenters. The third kappa shape index (κ3) is 5.71. The summed E-state index contributed by atoms with van der Waals surface area (Å²) in [6, 6.07) is 17.8. The van der Waals surface area contributed by atoms with Crippen LogP contribution in [0.5, 0.6) is 11.5 Å². The van der Waals surface area contributed by atoms with E-state index in [4.69, 9.17) is 33.3 Å². The van der Waals surface area contributed by atoms with Crippen molar-refractivity contribution >= 4 is 77.7 Å². The van der Waals surface area contributed by atoms with Gasteiger partial charge in [-0.05, 0) is 78.9 Å². The molecule has 0 bridgehead atoms. The lowest BCUT2D eigenvalue weighted by Crippen LogP contribution is -2.33. The van der Waals surface area contributed by atoms with Crippen LogP contribution in [0.15, 0.2) is 71.6 Å². The number of methoxy groups -OCH3 is 2. The molecule has 0 aliphatic heterocycles. The van der Waals surface area contributed by atoms with Crippen LogP contribution in [-0.4, -0.2) is 33.7 Å². The van der Waals surface area contributed by atoms with E-state index >= 15 is 0 Å². The molecule has 1 heterocycles. The SMILES string of the molecule is COc1ccc(NS(=O)(=O)c2ccc(NC(=S)NC(=O)c3sc4cc(OC)ccc4c3Cl)cc2)cc1. The molecule has 1 amide bonds. The Labute approximate surface area is 222 Å². The number of hydrogen-bond donors (Lipinski definition) is 3. The van der Waals surface area contributed by atoms with E-state index in [1.807, 2.05) is 0 Å². The Morgan fingerprint density at radius 1 is 0.917 bits per heavy atom. The minimum atomic E-state index is -3.80. The highest BCUT2D eigenvalue weighted by atomic mass is 35.5. The largest absolute Gasteiger partial charge is 0.497 e. The lowest BCUT2D eigenvalue weighted by molar-refractivity contribution is 0.0982. The number of fused-ring (bicyclic) bond motifs is 1. The van der Waals surface area contributed by atoms with Gasteiger partial charge in [-0.3, -0.25) is 14.8 Å². The number of thiophene rings is 1. The third-order valence-corrected chi connectivity index (χ3v) is 8.29. The highest BCUT2D eigenvalue weighted by Crippen LogP contribution is 2.37. The molecule has 4 rings (SSSR count). The predicted molar refractivity (Wildman–Crippen MR) is 147 cm³/mol. The number of rotatable bonds is 7. The van der Waals surface area contributed by atoms with E-state index in [0.29, 0.717) is 32.8 Å². The van der Waals surface area contributed by atoms with E-state index in [2.05, 4.69) is 15.4 Å². The van der Waals surface area contributed by atoms with Gasteiger partial charge in [0.25, 0.3) is 15.9 Å². The van der Waals surface area contributed by atoms with Crippen molar-refractivity contribution in [2.24, 2.45) is 0 Å². The molecule has 36 heavy (non-hydrogen) atoms. The number of ether oxygens (including phenoxy) is 2. The molecular weight excluding hydrogens is 542 g/mol. The fourth-order valence-electron chi connectivity index (χ4n) is 3.23. The molecular formula is C24H20ClN3O5S3. The zero-order valence-electron chi connectivity index (χ0n) is 19.0. The first-order valence-corrected chi connectivity index (χ1v) is 13.4. The van der Waals surface area contributed by atoms with Crippen molar-refractivity contribution in [3.8, 4) is 11.5 Å². The van der Waals surface area contributed by atoms with Gasteiger partial charge in [0, 0.05) is 21.5 Å². The highest BCUT2D eigenvalue weighted by molar-refractivity contribution is 7.92. The summed E-state index contributed by atoms with van der Waals surface area (Å²) in [6.45, 7) is 0. The molecule has 0 aliphatic rings. The second-order valence-electron chi connectivity index (χ2n) is 7.37. The number of carbonyl (C=O) groups is 1. The van der Waals surface area contributed by atoms with Crippen molar-refractivity contribution in [3.05, 3.63) is 76.6 Å². The Morgan fingerprint density at radius 2 is 1.53 bits per heavy atom. The van der Waals surface area contributed by atoms with Crippen LogP contribution >= 0.6 is 35.2 Å². The summed E-state index contributed by atoms with van der Waals surface area (Å²) in [5, 5.41) is 6.58. The van der Waals surface area contributed by atoms with Crippen molar-refractivity contribution in [2.45, 2.75) is 4.90 Å². The zero-order chi connectivity index (χ0) is 25.9. The number of anilines is 2. The van der Waals surface area contributed by atoms with Gasteiger partial charge >= 0.3 is 0 Å². The quantitative estimate of drug-likeness (QED) is 0.256. The number of halogens is 1. The van der Waals surface area contributed by atoms with Crippen LogP contribution in [0.3, 0.4) is 0 Å². The third-order valence-electron chi connectivity index (χ3n) is 5.03. The average Bonchev–Trinajstić information content (AvgIpc) is 3.20. The van der Waals surface area contributed by atoms with Gasteiger partial charge < -0.3 is 14.8 Å². The van der Waals surface area contributed by atoms with Crippen LogP contribution in [0.4, 0.5) is 11.4 Å². The van der Waals surface area contributed by atoms with Crippen molar-refractivity contribution in [3.63, 3.8) is 0 Å². The maximum atomic E-state index is 12.8. The summed E-state index contributed by atoms with van der Waals surface area (Å²) >= 11 is 12.9. The summed E-state index contributed by atoms with van der Waals surface area (Å²) < 4.78 is 39.0. The number of sulfonamides is 1. The van der Waals surface area contributed by atoms with Crippen molar-refractivity contribution < 1.29 is 22.7 Å². The lowest BCUT2D eigenvalue weighted by Gasteiger charge is -2.11. The molecule has 0 radical (unpaired) electrons. The zero-order valence-corrected chi connectivity index (χ0v) is 22.2. The van der Waals surface area contributed by atoms with E-state index in [0.717, 1.165) is 10.1 Å². The molecule has 3 N–H and O–H groups in total. The molecule has 1 aromatic heterocycles. The van der Waals surface area contributed by atoms with Crippen LogP contribution in [0.1, 0.15) is 9.67 Å². The van der Waals surface area contributed by atoms with Gasteiger partial charge in [-0.2, -0.15) is 0 Å². The topological polar surface area (TPSA) is 106 Å². The first-order valence-electron chi connectivity index (χ1n) is 10.4. The van der Waals surface area contributed by atoms with Crippen molar-refractivity contribution in [1.29, 1.82) is 0 Å². The number of nitrogens with one attached hydrogen (secondary N) is 3. The molecule has 4 aromatic rings. The van der Waals surface area contributed by atoms with Crippen LogP contribution in [-0.2, 0) is 10.0 Å². The van der Waals surface area contributed by atoms with E-state index in [1.54, 1.807) is 61.7 Å². The first kappa shape index (κ1) is 25.7. The summed E-state index contributed by atoms with van der Waals surface area (Å²) in [7, 11) is -0.706. The van der Waals surface area contributed by atoms with E-state index in [-0.39, 0.29) is 10.0 Å². The summed E-state index contributed by atoms with van der Waals surface area (Å²) in [4.78, 5) is 13.1. The van der Waals surface area contributed by atoms with Crippen LogP contribution < -0.4 is 24.8 Å². The Balaban J connectivity index is 1.40. The van der Waals surface area contributed by atoms with Gasteiger partial charge in [0.1, 0.15) is 16.4 Å². The predicted octanol–water partition coefficient (Wildman–Crippen LogP) is 5.50. The fourth-order valence-corrected chi connectivity index (χ4v) is 5.94. The lowest BCUT2D eigenvalue weighted by atomic mass is 10.2. The molecule has 0 saturated carbocycles. The molecule has 0 aliphatic carbocycles. The molecule has 186 valence electrons. The maximum Gasteiger partial charge on any atom is 0.269 e. The number of carbonyl (C=O) groups excluding carboxylic acids is 1. The normalized spacial score (nSPS) is 11.1. The van der Waals surface area contributed by atoms with Gasteiger partial charge in [-0.25, -0.2) is 8.42 Å². The molecule has 0 saturated heterocycles. The molecule has 0 spiro atoms. The van der Waals surface area contributed by atoms with E-state index < -0.39 is 15.9 Å².